The Hall–Kier alpha value is -1.88. The van der Waals surface area contributed by atoms with Crippen LogP contribution in [0.2, 0.25) is 0 Å². The lowest BCUT2D eigenvalue weighted by Crippen LogP contribution is -1.99. The van der Waals surface area contributed by atoms with Crippen LogP contribution >= 0.6 is 0 Å². The van der Waals surface area contributed by atoms with Gasteiger partial charge in [0.1, 0.15) is 0 Å². The highest BCUT2D eigenvalue weighted by Gasteiger charge is 2.29. The Morgan fingerprint density at radius 2 is 2.14 bits per heavy atom. The number of carbonyl (C=O) groups is 2. The van der Waals surface area contributed by atoms with Crippen LogP contribution in [-0.2, 0) is 4.74 Å². The number of aromatic carboxylic acids is 1. The molecule has 0 unspecified atom stereocenters. The van der Waals surface area contributed by atoms with Gasteiger partial charge in [-0.05, 0) is 18.2 Å². The van der Waals surface area contributed by atoms with Gasteiger partial charge in [0.2, 0.25) is 6.29 Å². The average molecular weight is 194 g/mol. The Labute approximate surface area is 78.5 Å². The summed E-state index contributed by atoms with van der Waals surface area (Å²) in [6, 6.07) is 3.85. The summed E-state index contributed by atoms with van der Waals surface area (Å²) in [6.45, 7) is 0. The van der Waals surface area contributed by atoms with Gasteiger partial charge in [-0.2, -0.15) is 0 Å². The fourth-order valence-electron chi connectivity index (χ4n) is 1.31. The van der Waals surface area contributed by atoms with Gasteiger partial charge in [-0.1, -0.05) is 0 Å². The number of benzene rings is 1. The zero-order chi connectivity index (χ0) is 10.3. The van der Waals surface area contributed by atoms with Gasteiger partial charge in [0.05, 0.1) is 11.1 Å². The van der Waals surface area contributed by atoms with Crippen molar-refractivity contribution < 1.29 is 24.5 Å². The van der Waals surface area contributed by atoms with Crippen LogP contribution < -0.4 is 0 Å². The van der Waals surface area contributed by atoms with E-state index in [0.717, 1.165) is 0 Å². The van der Waals surface area contributed by atoms with E-state index >= 15 is 0 Å². The highest BCUT2D eigenvalue weighted by atomic mass is 16.6. The van der Waals surface area contributed by atoms with Crippen LogP contribution in [0.25, 0.3) is 0 Å². The Kier molecular flexibility index (Phi) is 1.75. The lowest BCUT2D eigenvalue weighted by molar-refractivity contribution is -0.0547. The number of hydrogen-bond donors (Lipinski definition) is 2. The molecule has 5 nitrogen and oxygen atoms in total. The maximum Gasteiger partial charge on any atom is 0.341 e. The summed E-state index contributed by atoms with van der Waals surface area (Å²) in [5, 5.41) is 17.9. The molecule has 1 aromatic rings. The number of aliphatic hydroxyl groups excluding tert-OH is 1. The molecule has 1 aliphatic rings. The Morgan fingerprint density at radius 3 is 2.79 bits per heavy atom. The van der Waals surface area contributed by atoms with Crippen LogP contribution in [0.4, 0.5) is 0 Å². The summed E-state index contributed by atoms with van der Waals surface area (Å²) in [5.74, 6) is -1.75. The molecule has 0 amide bonds. The minimum atomic E-state index is -1.35. The van der Waals surface area contributed by atoms with E-state index in [-0.39, 0.29) is 16.7 Å². The van der Waals surface area contributed by atoms with Crippen LogP contribution in [0.15, 0.2) is 18.2 Å². The number of esters is 1. The molecule has 72 valence electrons. The predicted molar refractivity (Wildman–Crippen MR) is 43.8 cm³/mol. The van der Waals surface area contributed by atoms with Gasteiger partial charge in [-0.15, -0.1) is 0 Å². The quantitative estimate of drug-likeness (QED) is 0.637. The number of carbonyl (C=O) groups excluding carboxylic acids is 1. The van der Waals surface area contributed by atoms with Crippen molar-refractivity contribution in [3.63, 3.8) is 0 Å². The number of fused-ring (bicyclic) bond motifs is 1. The van der Waals surface area contributed by atoms with Crippen molar-refractivity contribution in [2.24, 2.45) is 0 Å². The van der Waals surface area contributed by atoms with Gasteiger partial charge in [0, 0.05) is 5.56 Å². The van der Waals surface area contributed by atoms with E-state index in [0.29, 0.717) is 0 Å². The van der Waals surface area contributed by atoms with Crippen molar-refractivity contribution >= 4 is 11.9 Å². The Morgan fingerprint density at radius 1 is 1.43 bits per heavy atom. The third-order valence-electron chi connectivity index (χ3n) is 2.00. The first-order chi connectivity index (χ1) is 6.59. The van der Waals surface area contributed by atoms with E-state index < -0.39 is 18.2 Å². The molecule has 1 atom stereocenters. The maximum atomic E-state index is 11.0. The fourth-order valence-corrected chi connectivity index (χ4v) is 1.31. The van der Waals surface area contributed by atoms with E-state index in [2.05, 4.69) is 4.74 Å². The maximum absolute atomic E-state index is 11.0. The van der Waals surface area contributed by atoms with E-state index in [1.54, 1.807) is 0 Å². The van der Waals surface area contributed by atoms with Crippen LogP contribution in [0.3, 0.4) is 0 Å². The van der Waals surface area contributed by atoms with E-state index in [1.807, 2.05) is 0 Å². The van der Waals surface area contributed by atoms with Gasteiger partial charge in [0.25, 0.3) is 0 Å². The normalized spacial score (nSPS) is 18.9. The van der Waals surface area contributed by atoms with Crippen molar-refractivity contribution in [3.8, 4) is 0 Å². The molecular weight excluding hydrogens is 188 g/mol. The summed E-state index contributed by atoms with van der Waals surface area (Å²) < 4.78 is 4.49. The number of aliphatic hydroxyl groups is 1. The Balaban J connectivity index is 2.55. The molecule has 2 N–H and O–H groups in total. The van der Waals surface area contributed by atoms with E-state index in [1.165, 1.54) is 18.2 Å². The Bertz CT molecular complexity index is 423. The first kappa shape index (κ1) is 8.71. The molecule has 0 fully saturated rings. The first-order valence-electron chi connectivity index (χ1n) is 3.86. The smallest absolute Gasteiger partial charge is 0.341 e. The van der Waals surface area contributed by atoms with Crippen LogP contribution in [-0.4, -0.2) is 22.2 Å². The summed E-state index contributed by atoms with van der Waals surface area (Å²) in [4.78, 5) is 21.6. The minimum Gasteiger partial charge on any atom is -0.478 e. The molecular formula is C9H6O5. The summed E-state index contributed by atoms with van der Waals surface area (Å²) in [7, 11) is 0. The minimum absolute atomic E-state index is 0.0149. The standard InChI is InChI=1S/C9H6O5/c10-7(11)4-1-2-5-6(3-4)9(13)14-8(5)12/h1-3,9,13H,(H,10,11)/t9-/m0/s1. The summed E-state index contributed by atoms with van der Waals surface area (Å²) in [6.07, 6.45) is -1.35. The highest BCUT2D eigenvalue weighted by Crippen LogP contribution is 2.28. The molecule has 1 heterocycles. The first-order valence-corrected chi connectivity index (χ1v) is 3.86. The van der Waals surface area contributed by atoms with Crippen molar-refractivity contribution in [2.45, 2.75) is 6.29 Å². The lowest BCUT2D eigenvalue weighted by atomic mass is 10.1. The van der Waals surface area contributed by atoms with Crippen molar-refractivity contribution in [1.82, 2.24) is 0 Å². The second-order valence-electron chi connectivity index (χ2n) is 2.86. The molecule has 5 heteroatoms. The highest BCUT2D eigenvalue weighted by molar-refractivity contribution is 5.96. The van der Waals surface area contributed by atoms with Gasteiger partial charge < -0.3 is 14.9 Å². The molecule has 0 saturated carbocycles. The van der Waals surface area contributed by atoms with Crippen LogP contribution in [0, 0.1) is 0 Å². The molecule has 0 bridgehead atoms. The fraction of sp³-hybridized carbons (Fsp3) is 0.111. The molecule has 0 spiro atoms. The number of ether oxygens (including phenoxy) is 1. The third-order valence-corrected chi connectivity index (χ3v) is 2.00. The molecule has 14 heavy (non-hydrogen) atoms. The topological polar surface area (TPSA) is 83.8 Å². The largest absolute Gasteiger partial charge is 0.478 e. The number of hydrogen-bond acceptors (Lipinski definition) is 4. The van der Waals surface area contributed by atoms with Crippen molar-refractivity contribution in [3.05, 3.63) is 34.9 Å². The van der Waals surface area contributed by atoms with Gasteiger partial charge in [-0.3, -0.25) is 0 Å². The number of rotatable bonds is 1. The average Bonchev–Trinajstić information content (AvgIpc) is 2.42. The third kappa shape index (κ3) is 1.14. The number of carboxylic acids is 1. The lowest BCUT2D eigenvalue weighted by Gasteiger charge is -2.01. The zero-order valence-electron chi connectivity index (χ0n) is 6.93. The monoisotopic (exact) mass is 194 g/mol. The predicted octanol–water partition coefficient (Wildman–Crippen LogP) is 0.546. The van der Waals surface area contributed by atoms with Gasteiger partial charge in [0.15, 0.2) is 0 Å². The number of cyclic esters (lactones) is 1. The molecule has 0 saturated heterocycles. The van der Waals surface area contributed by atoms with Crippen molar-refractivity contribution in [2.75, 3.05) is 0 Å². The van der Waals surface area contributed by atoms with Gasteiger partial charge >= 0.3 is 11.9 Å². The van der Waals surface area contributed by atoms with Crippen molar-refractivity contribution in [1.29, 1.82) is 0 Å². The number of carboxylic acid groups (broad SMARTS) is 1. The van der Waals surface area contributed by atoms with Crippen LogP contribution in [0.5, 0.6) is 0 Å². The van der Waals surface area contributed by atoms with E-state index in [4.69, 9.17) is 5.11 Å². The molecule has 1 aliphatic heterocycles. The second kappa shape index (κ2) is 2.81. The van der Waals surface area contributed by atoms with Gasteiger partial charge in [-0.25, -0.2) is 9.59 Å². The molecule has 0 radical (unpaired) electrons. The van der Waals surface area contributed by atoms with E-state index in [9.17, 15) is 14.7 Å². The molecule has 0 aliphatic carbocycles. The SMILES string of the molecule is O=C(O)c1ccc2c(c1)[C@@H](O)OC2=O. The second-order valence-corrected chi connectivity index (χ2v) is 2.86. The molecule has 0 aromatic heterocycles. The molecule has 1 aromatic carbocycles. The zero-order valence-corrected chi connectivity index (χ0v) is 6.93. The van der Waals surface area contributed by atoms with Crippen LogP contribution in [0.1, 0.15) is 32.6 Å². The molecule has 2 rings (SSSR count). The summed E-state index contributed by atoms with van der Waals surface area (Å²) in [5.41, 5.74) is 0.429. The summed E-state index contributed by atoms with van der Waals surface area (Å²) >= 11 is 0.